The predicted octanol–water partition coefficient (Wildman–Crippen LogP) is 4.56. The van der Waals surface area contributed by atoms with Crippen LogP contribution in [0, 0.1) is 5.82 Å². The van der Waals surface area contributed by atoms with E-state index < -0.39 is 6.09 Å². The first-order valence-electron chi connectivity index (χ1n) is 6.97. The lowest BCUT2D eigenvalue weighted by Gasteiger charge is -2.06. The lowest BCUT2D eigenvalue weighted by Crippen LogP contribution is -2.11. The van der Waals surface area contributed by atoms with Crippen LogP contribution in [-0.4, -0.2) is 12.3 Å². The van der Waals surface area contributed by atoms with Crippen LogP contribution in [0.4, 0.5) is 14.9 Å². The Morgan fingerprint density at radius 3 is 2.57 bits per heavy atom. The Labute approximate surface area is 132 Å². The third kappa shape index (κ3) is 3.71. The number of anilines is 1. The van der Waals surface area contributed by atoms with Gasteiger partial charge in [-0.25, -0.2) is 9.18 Å². The molecule has 114 valence electrons. The van der Waals surface area contributed by atoms with E-state index in [1.54, 1.807) is 6.07 Å². The number of halogens is 1. The molecule has 0 aliphatic rings. The number of nitrogens with one attached hydrogen (secondary N) is 1. The van der Waals surface area contributed by atoms with Gasteiger partial charge in [0, 0.05) is 5.39 Å². The molecule has 1 N–H and O–H groups in total. The van der Waals surface area contributed by atoms with Crippen LogP contribution in [0.5, 0.6) is 0 Å². The molecule has 3 rings (SSSR count). The van der Waals surface area contributed by atoms with Crippen molar-refractivity contribution in [1.29, 1.82) is 0 Å². The second kappa shape index (κ2) is 6.70. The summed E-state index contributed by atoms with van der Waals surface area (Å²) < 4.78 is 12.8. The Balaban J connectivity index is 1.66. The summed E-state index contributed by atoms with van der Waals surface area (Å²) in [7, 11) is 0. The Morgan fingerprint density at radius 1 is 1.00 bits per heavy atom. The van der Waals surface area contributed by atoms with Crippen molar-refractivity contribution in [3.05, 3.63) is 78.1 Å². The Bertz CT molecular complexity index is 855. The second-order valence-corrected chi connectivity index (χ2v) is 4.82. The molecule has 0 aliphatic carbocycles. The molecule has 0 saturated heterocycles. The van der Waals surface area contributed by atoms with Crippen LogP contribution in [0.3, 0.4) is 0 Å². The lowest BCUT2D eigenvalue weighted by atomic mass is 10.1. The highest BCUT2D eigenvalue weighted by Gasteiger charge is 2.05. The third-order valence-corrected chi connectivity index (χ3v) is 3.23. The van der Waals surface area contributed by atoms with Crippen molar-refractivity contribution in [3.8, 4) is 0 Å². The van der Waals surface area contributed by atoms with E-state index in [-0.39, 0.29) is 5.82 Å². The van der Waals surface area contributed by atoms with E-state index in [4.69, 9.17) is 4.84 Å². The third-order valence-electron chi connectivity index (χ3n) is 3.23. The van der Waals surface area contributed by atoms with Gasteiger partial charge in [0.15, 0.2) is 0 Å². The molecule has 0 aliphatic heterocycles. The van der Waals surface area contributed by atoms with Crippen LogP contribution in [0.1, 0.15) is 5.56 Å². The molecule has 0 aromatic heterocycles. The smallest absolute Gasteiger partial charge is 0.298 e. The number of nitrogens with zero attached hydrogens (tertiary/aromatic N) is 1. The minimum atomic E-state index is -0.695. The molecule has 0 atom stereocenters. The van der Waals surface area contributed by atoms with E-state index in [1.807, 2.05) is 36.4 Å². The maximum Gasteiger partial charge on any atom is 0.437 e. The van der Waals surface area contributed by atoms with Crippen molar-refractivity contribution in [1.82, 2.24) is 0 Å². The Hall–Kier alpha value is -3.21. The van der Waals surface area contributed by atoms with E-state index in [1.165, 1.54) is 30.5 Å². The average Bonchev–Trinajstić information content (AvgIpc) is 2.57. The SMILES string of the molecule is O=C(Nc1cccc2ccccc12)ON=Cc1ccc(F)cc1. The van der Waals surface area contributed by atoms with Crippen LogP contribution in [0.25, 0.3) is 10.8 Å². The van der Waals surface area contributed by atoms with E-state index in [2.05, 4.69) is 10.5 Å². The van der Waals surface area contributed by atoms with Crippen LogP contribution in [0.15, 0.2) is 71.9 Å². The molecular formula is C18H13FN2O2. The van der Waals surface area contributed by atoms with Gasteiger partial charge in [-0.3, -0.25) is 10.2 Å². The monoisotopic (exact) mass is 308 g/mol. The highest BCUT2D eigenvalue weighted by molar-refractivity contribution is 6.00. The largest absolute Gasteiger partial charge is 0.437 e. The maximum atomic E-state index is 12.8. The van der Waals surface area contributed by atoms with Gasteiger partial charge in [-0.2, -0.15) is 0 Å². The van der Waals surface area contributed by atoms with Crippen molar-refractivity contribution >= 4 is 28.8 Å². The van der Waals surface area contributed by atoms with Crippen molar-refractivity contribution in [2.75, 3.05) is 5.32 Å². The van der Waals surface area contributed by atoms with Crippen LogP contribution in [-0.2, 0) is 4.84 Å². The number of fused-ring (bicyclic) bond motifs is 1. The minimum absolute atomic E-state index is 0.336. The molecular weight excluding hydrogens is 295 g/mol. The van der Waals surface area contributed by atoms with Crippen LogP contribution < -0.4 is 5.32 Å². The topological polar surface area (TPSA) is 50.7 Å². The van der Waals surface area contributed by atoms with Crippen molar-refractivity contribution in [2.24, 2.45) is 5.16 Å². The molecule has 4 nitrogen and oxygen atoms in total. The number of rotatable bonds is 3. The Kier molecular flexibility index (Phi) is 4.29. The fourth-order valence-electron chi connectivity index (χ4n) is 2.15. The summed E-state index contributed by atoms with van der Waals surface area (Å²) in [5.41, 5.74) is 1.27. The van der Waals surface area contributed by atoms with Gasteiger partial charge < -0.3 is 0 Å². The summed E-state index contributed by atoms with van der Waals surface area (Å²) in [5, 5.41) is 8.16. The molecule has 0 saturated carbocycles. The molecule has 1 amide bonds. The van der Waals surface area contributed by atoms with Gasteiger partial charge in [0.2, 0.25) is 0 Å². The Morgan fingerprint density at radius 2 is 1.74 bits per heavy atom. The van der Waals surface area contributed by atoms with Crippen molar-refractivity contribution in [3.63, 3.8) is 0 Å². The maximum absolute atomic E-state index is 12.8. The minimum Gasteiger partial charge on any atom is -0.298 e. The molecule has 3 aromatic carbocycles. The van der Waals surface area contributed by atoms with Gasteiger partial charge in [0.1, 0.15) is 5.82 Å². The first kappa shape index (κ1) is 14.7. The van der Waals surface area contributed by atoms with E-state index in [0.29, 0.717) is 11.3 Å². The molecule has 0 spiro atoms. The zero-order chi connectivity index (χ0) is 16.1. The standard InChI is InChI=1S/C18H13FN2O2/c19-15-10-8-13(9-11-15)12-20-23-18(22)21-17-7-3-5-14-4-1-2-6-16(14)17/h1-12H,(H,21,22). The summed E-state index contributed by atoms with van der Waals surface area (Å²) in [4.78, 5) is 16.5. The first-order valence-corrected chi connectivity index (χ1v) is 6.97. The zero-order valence-corrected chi connectivity index (χ0v) is 12.1. The van der Waals surface area contributed by atoms with Crippen LogP contribution in [0.2, 0.25) is 0 Å². The summed E-state index contributed by atoms with van der Waals surface area (Å²) in [5.74, 6) is -0.336. The molecule has 0 bridgehead atoms. The fourth-order valence-corrected chi connectivity index (χ4v) is 2.15. The van der Waals surface area contributed by atoms with Crippen molar-refractivity contribution < 1.29 is 14.0 Å². The van der Waals surface area contributed by atoms with E-state index >= 15 is 0 Å². The number of amides is 1. The summed E-state index contributed by atoms with van der Waals surface area (Å²) in [6.07, 6.45) is 0.641. The van der Waals surface area contributed by atoms with E-state index in [9.17, 15) is 9.18 Å². The number of carbonyl (C=O) groups is 1. The van der Waals surface area contributed by atoms with E-state index in [0.717, 1.165) is 10.8 Å². The van der Waals surface area contributed by atoms with Crippen molar-refractivity contribution in [2.45, 2.75) is 0 Å². The molecule has 0 fully saturated rings. The quantitative estimate of drug-likeness (QED) is 0.438. The number of oxime groups is 1. The number of hydrogen-bond donors (Lipinski definition) is 1. The number of hydrogen-bond acceptors (Lipinski definition) is 3. The zero-order valence-electron chi connectivity index (χ0n) is 12.1. The molecule has 3 aromatic rings. The van der Waals surface area contributed by atoms with Crippen LogP contribution >= 0.6 is 0 Å². The summed E-state index contributed by atoms with van der Waals surface area (Å²) in [6.45, 7) is 0. The second-order valence-electron chi connectivity index (χ2n) is 4.82. The number of carbonyl (C=O) groups excluding carboxylic acids is 1. The highest BCUT2D eigenvalue weighted by Crippen LogP contribution is 2.22. The molecule has 0 radical (unpaired) electrons. The first-order chi connectivity index (χ1) is 11.2. The molecule has 0 heterocycles. The molecule has 0 unspecified atom stereocenters. The lowest BCUT2D eigenvalue weighted by molar-refractivity contribution is 0.167. The molecule has 5 heteroatoms. The van der Waals surface area contributed by atoms with Gasteiger partial charge in [-0.1, -0.05) is 53.7 Å². The highest BCUT2D eigenvalue weighted by atomic mass is 19.1. The molecule has 23 heavy (non-hydrogen) atoms. The van der Waals surface area contributed by atoms with Gasteiger partial charge in [0.25, 0.3) is 0 Å². The average molecular weight is 308 g/mol. The number of benzene rings is 3. The fraction of sp³-hybridized carbons (Fsp3) is 0. The van der Waals surface area contributed by atoms with Gasteiger partial charge in [-0.15, -0.1) is 0 Å². The van der Waals surface area contributed by atoms with Gasteiger partial charge >= 0.3 is 6.09 Å². The van der Waals surface area contributed by atoms with Gasteiger partial charge in [-0.05, 0) is 29.1 Å². The summed E-state index contributed by atoms with van der Waals surface area (Å²) >= 11 is 0. The van der Waals surface area contributed by atoms with Gasteiger partial charge in [0.05, 0.1) is 11.9 Å². The normalized spacial score (nSPS) is 10.8. The predicted molar refractivity (Wildman–Crippen MR) is 88.0 cm³/mol. The summed E-state index contributed by atoms with van der Waals surface area (Å²) in [6, 6.07) is 18.9.